The first-order chi connectivity index (χ1) is 9.19. The van der Waals surface area contributed by atoms with Crippen LogP contribution < -0.4 is 5.32 Å². The highest BCUT2D eigenvalue weighted by molar-refractivity contribution is 6.28. The molecule has 1 atom stereocenters. The van der Waals surface area contributed by atoms with Crippen molar-refractivity contribution in [2.24, 2.45) is 0 Å². The van der Waals surface area contributed by atoms with Gasteiger partial charge in [0.25, 0.3) is 0 Å². The number of ether oxygens (including phenoxy) is 1. The third kappa shape index (κ3) is 3.87. The molecule has 0 fully saturated rings. The van der Waals surface area contributed by atoms with Crippen LogP contribution in [0, 0.1) is 0 Å². The molecule has 0 saturated heterocycles. The molecule has 2 aromatic rings. The molecular weight excluding hydrogens is 268 g/mol. The summed E-state index contributed by atoms with van der Waals surface area (Å²) >= 11 is 5.89. The van der Waals surface area contributed by atoms with Crippen molar-refractivity contribution < 1.29 is 4.74 Å². The Balaban J connectivity index is 2.13. The zero-order chi connectivity index (χ0) is 13.7. The second-order valence-electron chi connectivity index (χ2n) is 3.90. The highest BCUT2D eigenvalue weighted by Gasteiger charge is 2.09. The highest BCUT2D eigenvalue weighted by atomic mass is 35.5. The van der Waals surface area contributed by atoms with Crippen molar-refractivity contribution in [1.82, 2.24) is 24.5 Å². The maximum absolute atomic E-state index is 5.89. The summed E-state index contributed by atoms with van der Waals surface area (Å²) < 4.78 is 6.98. The molecule has 0 radical (unpaired) electrons. The van der Waals surface area contributed by atoms with E-state index >= 15 is 0 Å². The molecule has 0 amide bonds. The van der Waals surface area contributed by atoms with Gasteiger partial charge in [-0.15, -0.1) is 0 Å². The molecule has 102 valence electrons. The Morgan fingerprint density at radius 2 is 2.26 bits per heavy atom. The van der Waals surface area contributed by atoms with E-state index in [9.17, 15) is 0 Å². The third-order valence-corrected chi connectivity index (χ3v) is 2.45. The van der Waals surface area contributed by atoms with Crippen LogP contribution in [0.3, 0.4) is 0 Å². The Kier molecular flexibility index (Phi) is 4.64. The van der Waals surface area contributed by atoms with Crippen LogP contribution in [0.1, 0.15) is 13.8 Å². The largest absolute Gasteiger partial charge is 0.380 e. The standard InChI is InChI=1S/C11H15ClN6O/c1-3-19-6-8(2)14-10-15-9(12)16-11(17-10)18-5-4-13-7-18/h4-5,7-8H,3,6H2,1-2H3,(H,14,15,16,17). The molecule has 0 aliphatic heterocycles. The lowest BCUT2D eigenvalue weighted by Gasteiger charge is -2.13. The topological polar surface area (TPSA) is 77.8 Å². The van der Waals surface area contributed by atoms with Crippen LogP contribution in [0.15, 0.2) is 18.7 Å². The van der Waals surface area contributed by atoms with Gasteiger partial charge in [-0.1, -0.05) is 0 Å². The molecule has 0 aromatic carbocycles. The lowest BCUT2D eigenvalue weighted by Crippen LogP contribution is -2.23. The summed E-state index contributed by atoms with van der Waals surface area (Å²) in [6, 6.07) is 0.0778. The fraction of sp³-hybridized carbons (Fsp3) is 0.455. The first-order valence-corrected chi connectivity index (χ1v) is 6.31. The van der Waals surface area contributed by atoms with Gasteiger partial charge in [0, 0.05) is 25.0 Å². The Morgan fingerprint density at radius 3 is 2.95 bits per heavy atom. The molecule has 2 rings (SSSR count). The molecule has 1 N–H and O–H groups in total. The minimum atomic E-state index is 0.0778. The molecule has 2 aromatic heterocycles. The second-order valence-corrected chi connectivity index (χ2v) is 4.24. The number of anilines is 1. The smallest absolute Gasteiger partial charge is 0.241 e. The van der Waals surface area contributed by atoms with E-state index in [1.54, 1.807) is 23.3 Å². The Hall–Kier alpha value is -1.73. The summed E-state index contributed by atoms with van der Waals surface area (Å²) in [7, 11) is 0. The van der Waals surface area contributed by atoms with Crippen LogP contribution in [0.4, 0.5) is 5.95 Å². The van der Waals surface area contributed by atoms with Gasteiger partial charge in [-0.05, 0) is 25.4 Å². The predicted octanol–water partition coefficient (Wildman–Crippen LogP) is 1.55. The number of nitrogens with one attached hydrogen (secondary N) is 1. The quantitative estimate of drug-likeness (QED) is 0.866. The van der Waals surface area contributed by atoms with Crippen LogP contribution in [0.25, 0.3) is 5.95 Å². The van der Waals surface area contributed by atoms with Gasteiger partial charge in [0.2, 0.25) is 17.2 Å². The van der Waals surface area contributed by atoms with Gasteiger partial charge in [0.1, 0.15) is 6.33 Å². The number of nitrogens with zero attached hydrogens (tertiary/aromatic N) is 5. The average Bonchev–Trinajstić information content (AvgIpc) is 2.89. The van der Waals surface area contributed by atoms with Crippen LogP contribution in [0.2, 0.25) is 5.28 Å². The first kappa shape index (κ1) is 13.7. The maximum Gasteiger partial charge on any atom is 0.241 e. The molecule has 0 bridgehead atoms. The summed E-state index contributed by atoms with van der Waals surface area (Å²) in [5, 5.41) is 3.24. The number of imidazole rings is 1. The molecule has 7 nitrogen and oxygen atoms in total. The molecular formula is C11H15ClN6O. The van der Waals surface area contributed by atoms with Crippen molar-refractivity contribution in [3.63, 3.8) is 0 Å². The lowest BCUT2D eigenvalue weighted by atomic mass is 10.4. The monoisotopic (exact) mass is 282 g/mol. The van der Waals surface area contributed by atoms with Gasteiger partial charge in [-0.25, -0.2) is 4.98 Å². The Labute approximate surface area is 116 Å². The first-order valence-electron chi connectivity index (χ1n) is 5.93. The average molecular weight is 283 g/mol. The summed E-state index contributed by atoms with van der Waals surface area (Å²) in [5.41, 5.74) is 0. The number of aromatic nitrogens is 5. The van der Waals surface area contributed by atoms with Gasteiger partial charge in [-0.2, -0.15) is 15.0 Å². The van der Waals surface area contributed by atoms with E-state index in [1.165, 1.54) is 0 Å². The SMILES string of the molecule is CCOCC(C)Nc1nc(Cl)nc(-n2ccnc2)n1. The van der Waals surface area contributed by atoms with Gasteiger partial charge in [0.05, 0.1) is 6.61 Å². The van der Waals surface area contributed by atoms with Crippen LogP contribution in [-0.4, -0.2) is 43.8 Å². The lowest BCUT2D eigenvalue weighted by molar-refractivity contribution is 0.141. The molecule has 0 spiro atoms. The van der Waals surface area contributed by atoms with Crippen molar-refractivity contribution in [2.75, 3.05) is 18.5 Å². The zero-order valence-corrected chi connectivity index (χ0v) is 11.5. The van der Waals surface area contributed by atoms with Gasteiger partial charge < -0.3 is 10.1 Å². The van der Waals surface area contributed by atoms with Crippen molar-refractivity contribution in [3.05, 3.63) is 24.0 Å². The number of hydrogen-bond donors (Lipinski definition) is 1. The number of halogens is 1. The summed E-state index contributed by atoms with van der Waals surface area (Å²) in [6.45, 7) is 5.17. The van der Waals surface area contributed by atoms with E-state index in [0.29, 0.717) is 25.1 Å². The fourth-order valence-corrected chi connectivity index (χ4v) is 1.61. The number of rotatable bonds is 6. The van der Waals surface area contributed by atoms with Crippen molar-refractivity contribution in [3.8, 4) is 5.95 Å². The van der Waals surface area contributed by atoms with Crippen LogP contribution in [-0.2, 0) is 4.74 Å². The second kappa shape index (κ2) is 6.44. The summed E-state index contributed by atoms with van der Waals surface area (Å²) in [6.07, 6.45) is 4.97. The summed E-state index contributed by atoms with van der Waals surface area (Å²) in [5.74, 6) is 0.833. The summed E-state index contributed by atoms with van der Waals surface area (Å²) in [4.78, 5) is 16.3. The van der Waals surface area contributed by atoms with E-state index in [1.807, 2.05) is 13.8 Å². The zero-order valence-electron chi connectivity index (χ0n) is 10.7. The van der Waals surface area contributed by atoms with Crippen molar-refractivity contribution >= 4 is 17.5 Å². The van der Waals surface area contributed by atoms with Crippen molar-refractivity contribution in [2.45, 2.75) is 19.9 Å². The minimum absolute atomic E-state index is 0.0778. The number of hydrogen-bond acceptors (Lipinski definition) is 6. The molecule has 0 aliphatic carbocycles. The fourth-order valence-electron chi connectivity index (χ4n) is 1.45. The van der Waals surface area contributed by atoms with E-state index in [-0.39, 0.29) is 11.3 Å². The van der Waals surface area contributed by atoms with Crippen LogP contribution in [0.5, 0.6) is 0 Å². The Bertz CT molecular complexity index is 518. The van der Waals surface area contributed by atoms with Gasteiger partial charge >= 0.3 is 0 Å². The molecule has 8 heteroatoms. The molecule has 1 unspecified atom stereocenters. The normalized spacial score (nSPS) is 12.4. The predicted molar refractivity (Wildman–Crippen MR) is 71.5 cm³/mol. The van der Waals surface area contributed by atoms with E-state index in [2.05, 4.69) is 25.3 Å². The van der Waals surface area contributed by atoms with E-state index in [0.717, 1.165) is 0 Å². The minimum Gasteiger partial charge on any atom is -0.380 e. The maximum atomic E-state index is 5.89. The third-order valence-electron chi connectivity index (χ3n) is 2.28. The molecule has 0 saturated carbocycles. The van der Waals surface area contributed by atoms with E-state index in [4.69, 9.17) is 16.3 Å². The van der Waals surface area contributed by atoms with Crippen LogP contribution >= 0.6 is 11.6 Å². The van der Waals surface area contributed by atoms with E-state index < -0.39 is 0 Å². The van der Waals surface area contributed by atoms with Crippen molar-refractivity contribution in [1.29, 1.82) is 0 Å². The molecule has 2 heterocycles. The molecule has 19 heavy (non-hydrogen) atoms. The van der Waals surface area contributed by atoms with Gasteiger partial charge in [-0.3, -0.25) is 4.57 Å². The molecule has 0 aliphatic rings. The van der Waals surface area contributed by atoms with Gasteiger partial charge in [0.15, 0.2) is 0 Å². The Morgan fingerprint density at radius 1 is 1.42 bits per heavy atom. The highest BCUT2D eigenvalue weighted by Crippen LogP contribution is 2.10.